The molecular weight excluding hydrogens is 793 g/mol. The molecule has 0 N–H and O–H groups in total. The van der Waals surface area contributed by atoms with Gasteiger partial charge in [-0.05, 0) is 25.2 Å². The lowest BCUT2D eigenvalue weighted by atomic mass is 9.99. The number of carbonyl (C=O) groups is 3. The van der Waals surface area contributed by atoms with E-state index in [0.717, 1.165) is 63.7 Å². The van der Waals surface area contributed by atoms with Gasteiger partial charge in [0.2, 0.25) is 0 Å². The van der Waals surface area contributed by atoms with E-state index in [1.54, 1.807) is 0 Å². The maximum absolute atomic E-state index is 12.8. The maximum atomic E-state index is 12.8. The fourth-order valence-corrected chi connectivity index (χ4v) is 8.89. The molecule has 0 amide bonds. The number of unbranched alkanes of at least 4 members (excludes halogenated alkanes) is 39. The van der Waals surface area contributed by atoms with Crippen LogP contribution in [0.25, 0.3) is 0 Å². The van der Waals surface area contributed by atoms with Gasteiger partial charge >= 0.3 is 17.9 Å². The van der Waals surface area contributed by atoms with Gasteiger partial charge in [-0.3, -0.25) is 14.4 Å². The summed E-state index contributed by atoms with van der Waals surface area (Å²) in [5, 5.41) is 0. The van der Waals surface area contributed by atoms with Crippen LogP contribution in [-0.4, -0.2) is 37.2 Å². The summed E-state index contributed by atoms with van der Waals surface area (Å²) < 4.78 is 16.9. The van der Waals surface area contributed by atoms with Crippen LogP contribution in [0.4, 0.5) is 0 Å². The number of esters is 3. The van der Waals surface area contributed by atoms with Crippen molar-refractivity contribution in [1.82, 2.24) is 0 Å². The van der Waals surface area contributed by atoms with E-state index in [9.17, 15) is 14.4 Å². The fourth-order valence-electron chi connectivity index (χ4n) is 8.89. The molecule has 0 fully saturated rings. The molecule has 0 rings (SSSR count). The molecule has 0 spiro atoms. The van der Waals surface area contributed by atoms with Gasteiger partial charge in [-0.25, -0.2) is 0 Å². The first-order chi connectivity index (χ1) is 31.4. The lowest BCUT2D eigenvalue weighted by Crippen LogP contribution is -2.30. The molecule has 6 heteroatoms. The molecule has 0 aromatic rings. The number of ether oxygens (including phenoxy) is 3. The topological polar surface area (TPSA) is 78.9 Å². The molecule has 0 aromatic heterocycles. The first kappa shape index (κ1) is 62.4. The summed E-state index contributed by atoms with van der Waals surface area (Å²) in [5.41, 5.74) is 0. The van der Waals surface area contributed by atoms with Crippen LogP contribution in [0.2, 0.25) is 0 Å². The largest absolute Gasteiger partial charge is 0.462 e. The molecule has 0 saturated carbocycles. The second-order valence-electron chi connectivity index (χ2n) is 20.2. The van der Waals surface area contributed by atoms with Gasteiger partial charge in [0.15, 0.2) is 6.10 Å². The summed E-state index contributed by atoms with van der Waals surface area (Å²) in [5.74, 6) is 0.0328. The summed E-state index contributed by atoms with van der Waals surface area (Å²) in [4.78, 5) is 38.1. The van der Waals surface area contributed by atoms with Gasteiger partial charge in [0.1, 0.15) is 13.2 Å². The Morgan fingerprint density at radius 2 is 0.547 bits per heavy atom. The van der Waals surface area contributed by atoms with Crippen molar-refractivity contribution in [3.05, 3.63) is 0 Å². The van der Waals surface area contributed by atoms with Crippen molar-refractivity contribution in [3.8, 4) is 0 Å². The van der Waals surface area contributed by atoms with Crippen LogP contribution in [0.3, 0.4) is 0 Å². The minimum atomic E-state index is -0.762. The average molecular weight is 906 g/mol. The van der Waals surface area contributed by atoms with E-state index in [4.69, 9.17) is 14.2 Å². The normalized spacial score (nSPS) is 12.4. The highest BCUT2D eigenvalue weighted by atomic mass is 16.6. The van der Waals surface area contributed by atoms with E-state index < -0.39 is 6.10 Å². The Bertz CT molecular complexity index is 966. The predicted molar refractivity (Wildman–Crippen MR) is 275 cm³/mol. The SMILES string of the molecule is CCCCCCCCCCCCCCCCCCCCCC(=O)OC[C@@H](COC(=O)CCCCCCCCCCCCC(C)CC)OC(=O)CCCCCCCCCCCCCCC. The van der Waals surface area contributed by atoms with E-state index in [1.807, 2.05) is 0 Å². The zero-order valence-electron chi connectivity index (χ0n) is 43.8. The summed E-state index contributed by atoms with van der Waals surface area (Å²) in [6.45, 7) is 9.08. The standard InChI is InChI=1S/C58H112O6/c1-5-8-10-12-14-16-18-20-21-22-23-24-25-27-28-33-37-41-45-49-56(59)62-52-55(64-58(61)51-47-43-39-35-29-26-19-17-15-13-11-9-6-2)53-63-57(60)50-46-42-38-34-31-30-32-36-40-44-48-54(4)7-3/h54-55H,5-53H2,1-4H3/t54?,55-/m0/s1. The zero-order chi connectivity index (χ0) is 46.7. The molecule has 0 aliphatic carbocycles. The third-order valence-corrected chi connectivity index (χ3v) is 13.7. The lowest BCUT2D eigenvalue weighted by Gasteiger charge is -2.18. The molecule has 0 aliphatic heterocycles. The van der Waals surface area contributed by atoms with Crippen LogP contribution < -0.4 is 0 Å². The van der Waals surface area contributed by atoms with Crippen LogP contribution in [-0.2, 0) is 28.6 Å². The minimum Gasteiger partial charge on any atom is -0.462 e. The number of hydrogen-bond donors (Lipinski definition) is 0. The monoisotopic (exact) mass is 905 g/mol. The Kier molecular flexibility index (Phi) is 51.1. The summed E-state index contributed by atoms with van der Waals surface area (Å²) in [6, 6.07) is 0. The molecule has 0 bridgehead atoms. The molecule has 0 saturated heterocycles. The van der Waals surface area contributed by atoms with E-state index >= 15 is 0 Å². The second kappa shape index (κ2) is 52.4. The Morgan fingerprint density at radius 1 is 0.312 bits per heavy atom. The summed E-state index contributed by atoms with van der Waals surface area (Å²) in [6.07, 6.45) is 56.6. The van der Waals surface area contributed by atoms with Gasteiger partial charge in [0.25, 0.3) is 0 Å². The zero-order valence-corrected chi connectivity index (χ0v) is 43.8. The first-order valence-corrected chi connectivity index (χ1v) is 28.9. The van der Waals surface area contributed by atoms with E-state index in [0.29, 0.717) is 19.3 Å². The molecule has 2 atom stereocenters. The van der Waals surface area contributed by atoms with Crippen molar-refractivity contribution >= 4 is 17.9 Å². The number of rotatable bonds is 53. The molecule has 0 heterocycles. The molecule has 380 valence electrons. The Labute approximate surface area is 399 Å². The smallest absolute Gasteiger partial charge is 0.306 e. The minimum absolute atomic E-state index is 0.0621. The molecular formula is C58H112O6. The van der Waals surface area contributed by atoms with Gasteiger partial charge < -0.3 is 14.2 Å². The van der Waals surface area contributed by atoms with Gasteiger partial charge in [-0.15, -0.1) is 0 Å². The Balaban J connectivity index is 4.27. The van der Waals surface area contributed by atoms with Crippen LogP contribution in [0.5, 0.6) is 0 Å². The van der Waals surface area contributed by atoms with Crippen molar-refractivity contribution in [1.29, 1.82) is 0 Å². The van der Waals surface area contributed by atoms with Crippen molar-refractivity contribution in [2.24, 2.45) is 5.92 Å². The van der Waals surface area contributed by atoms with Crippen LogP contribution in [0, 0.1) is 5.92 Å². The van der Waals surface area contributed by atoms with E-state index in [1.165, 1.54) is 225 Å². The molecule has 64 heavy (non-hydrogen) atoms. The van der Waals surface area contributed by atoms with Gasteiger partial charge in [0, 0.05) is 19.3 Å². The highest BCUT2D eigenvalue weighted by Crippen LogP contribution is 2.18. The quantitative estimate of drug-likeness (QED) is 0.0344. The molecule has 1 unspecified atom stereocenters. The Morgan fingerprint density at radius 3 is 0.812 bits per heavy atom. The van der Waals surface area contributed by atoms with E-state index in [-0.39, 0.29) is 31.1 Å². The van der Waals surface area contributed by atoms with Crippen molar-refractivity contribution < 1.29 is 28.6 Å². The van der Waals surface area contributed by atoms with Crippen LogP contribution in [0.15, 0.2) is 0 Å². The van der Waals surface area contributed by atoms with Crippen molar-refractivity contribution in [2.45, 2.75) is 336 Å². The van der Waals surface area contributed by atoms with Gasteiger partial charge in [-0.1, -0.05) is 291 Å². The maximum Gasteiger partial charge on any atom is 0.306 e. The molecule has 0 aliphatic rings. The average Bonchev–Trinajstić information content (AvgIpc) is 3.29. The predicted octanol–water partition coefficient (Wildman–Crippen LogP) is 19.0. The highest BCUT2D eigenvalue weighted by Gasteiger charge is 2.19. The van der Waals surface area contributed by atoms with E-state index in [2.05, 4.69) is 27.7 Å². The van der Waals surface area contributed by atoms with Crippen LogP contribution in [0.1, 0.15) is 329 Å². The molecule has 0 aromatic carbocycles. The molecule has 0 radical (unpaired) electrons. The second-order valence-corrected chi connectivity index (χ2v) is 20.2. The van der Waals surface area contributed by atoms with Crippen molar-refractivity contribution in [2.75, 3.05) is 13.2 Å². The fraction of sp³-hybridized carbons (Fsp3) is 0.948. The van der Waals surface area contributed by atoms with Gasteiger partial charge in [-0.2, -0.15) is 0 Å². The lowest BCUT2D eigenvalue weighted by molar-refractivity contribution is -0.167. The van der Waals surface area contributed by atoms with Crippen LogP contribution >= 0.6 is 0 Å². The highest BCUT2D eigenvalue weighted by molar-refractivity contribution is 5.71. The summed E-state index contributed by atoms with van der Waals surface area (Å²) in [7, 11) is 0. The van der Waals surface area contributed by atoms with Crippen molar-refractivity contribution in [3.63, 3.8) is 0 Å². The van der Waals surface area contributed by atoms with Gasteiger partial charge in [0.05, 0.1) is 0 Å². The number of carbonyl (C=O) groups excluding carboxylic acids is 3. The third kappa shape index (κ3) is 49.8. The molecule has 6 nitrogen and oxygen atoms in total. The third-order valence-electron chi connectivity index (χ3n) is 13.7. The summed E-state index contributed by atoms with van der Waals surface area (Å²) >= 11 is 0. The number of hydrogen-bond acceptors (Lipinski definition) is 6. The Hall–Kier alpha value is -1.59. The first-order valence-electron chi connectivity index (χ1n) is 28.9.